The highest BCUT2D eigenvalue weighted by atomic mass is 16.4. The summed E-state index contributed by atoms with van der Waals surface area (Å²) in [5, 5.41) is 3.08. The maximum Gasteiger partial charge on any atom is 0.226 e. The first-order valence-corrected chi connectivity index (χ1v) is 12.4. The van der Waals surface area contributed by atoms with Crippen LogP contribution in [0.4, 0.5) is 0 Å². The second-order valence-corrected chi connectivity index (χ2v) is 9.19. The standard InChI is InChI=1S/C28H36N4O2/c1-22-11-13-25(14-12-22)28-30-26(23(2)34-28)9-6-10-27(33)29-15-16-31-17-19-32(20-18-31)21-24-7-4-3-5-8-24/h3-5,7-8,11-14H,6,9-10,15-21H2,1-2H3,(H,29,33). The molecule has 2 heterocycles. The van der Waals surface area contributed by atoms with E-state index in [0.29, 0.717) is 18.9 Å². The molecule has 2 aromatic carbocycles. The van der Waals surface area contributed by atoms with Gasteiger partial charge in [-0.1, -0.05) is 48.0 Å². The molecule has 1 amide bonds. The smallest absolute Gasteiger partial charge is 0.226 e. The first-order chi connectivity index (χ1) is 16.6. The molecular weight excluding hydrogens is 424 g/mol. The van der Waals surface area contributed by atoms with Crippen molar-refractivity contribution in [2.24, 2.45) is 0 Å². The van der Waals surface area contributed by atoms with Crippen LogP contribution in [0.25, 0.3) is 11.5 Å². The molecule has 6 nitrogen and oxygen atoms in total. The summed E-state index contributed by atoms with van der Waals surface area (Å²) in [5.74, 6) is 1.60. The van der Waals surface area contributed by atoms with E-state index in [1.807, 2.05) is 19.1 Å². The number of nitrogens with one attached hydrogen (secondary N) is 1. The maximum absolute atomic E-state index is 12.3. The van der Waals surface area contributed by atoms with Crippen molar-refractivity contribution in [1.29, 1.82) is 0 Å². The zero-order chi connectivity index (χ0) is 23.8. The molecule has 0 saturated carbocycles. The second kappa shape index (κ2) is 12.0. The molecule has 180 valence electrons. The van der Waals surface area contributed by atoms with Gasteiger partial charge in [-0.05, 0) is 44.4 Å². The zero-order valence-corrected chi connectivity index (χ0v) is 20.4. The monoisotopic (exact) mass is 460 g/mol. The highest BCUT2D eigenvalue weighted by Gasteiger charge is 2.17. The van der Waals surface area contributed by atoms with Gasteiger partial charge in [-0.2, -0.15) is 0 Å². The van der Waals surface area contributed by atoms with Crippen LogP contribution in [0, 0.1) is 13.8 Å². The second-order valence-electron chi connectivity index (χ2n) is 9.19. The third-order valence-electron chi connectivity index (χ3n) is 6.47. The van der Waals surface area contributed by atoms with Crippen molar-refractivity contribution in [3.8, 4) is 11.5 Å². The highest BCUT2D eigenvalue weighted by molar-refractivity contribution is 5.75. The van der Waals surface area contributed by atoms with E-state index in [1.165, 1.54) is 11.1 Å². The van der Waals surface area contributed by atoms with Gasteiger partial charge in [-0.25, -0.2) is 4.98 Å². The van der Waals surface area contributed by atoms with Crippen LogP contribution >= 0.6 is 0 Å². The largest absolute Gasteiger partial charge is 0.441 e. The van der Waals surface area contributed by atoms with Crippen molar-refractivity contribution in [2.75, 3.05) is 39.3 Å². The van der Waals surface area contributed by atoms with Gasteiger partial charge in [-0.3, -0.25) is 14.6 Å². The molecule has 0 atom stereocenters. The fourth-order valence-corrected chi connectivity index (χ4v) is 4.35. The first kappa shape index (κ1) is 24.2. The van der Waals surface area contributed by atoms with Gasteiger partial charge >= 0.3 is 0 Å². The lowest BCUT2D eigenvalue weighted by atomic mass is 10.1. The van der Waals surface area contributed by atoms with Crippen LogP contribution in [0.2, 0.25) is 0 Å². The number of nitrogens with zero attached hydrogens (tertiary/aromatic N) is 3. The number of aryl methyl sites for hydroxylation is 3. The minimum Gasteiger partial charge on any atom is -0.441 e. The Bertz CT molecular complexity index is 1040. The lowest BCUT2D eigenvalue weighted by molar-refractivity contribution is -0.121. The van der Waals surface area contributed by atoms with Gasteiger partial charge in [0.05, 0.1) is 5.69 Å². The van der Waals surface area contributed by atoms with E-state index in [0.717, 1.165) is 69.1 Å². The molecule has 1 aliphatic heterocycles. The van der Waals surface area contributed by atoms with Crippen LogP contribution in [0.3, 0.4) is 0 Å². The number of rotatable bonds is 10. The number of hydrogen-bond donors (Lipinski definition) is 1. The predicted molar refractivity (Wildman–Crippen MR) is 136 cm³/mol. The number of aromatic nitrogens is 1. The average molecular weight is 461 g/mol. The van der Waals surface area contributed by atoms with Gasteiger partial charge < -0.3 is 9.73 Å². The van der Waals surface area contributed by atoms with Crippen molar-refractivity contribution >= 4 is 5.91 Å². The van der Waals surface area contributed by atoms with Crippen molar-refractivity contribution < 1.29 is 9.21 Å². The third-order valence-corrected chi connectivity index (χ3v) is 6.47. The van der Waals surface area contributed by atoms with E-state index in [-0.39, 0.29) is 5.91 Å². The molecule has 1 N–H and O–H groups in total. The van der Waals surface area contributed by atoms with Crippen LogP contribution in [-0.4, -0.2) is 60.0 Å². The molecule has 0 unspecified atom stereocenters. The topological polar surface area (TPSA) is 61.6 Å². The minimum absolute atomic E-state index is 0.114. The number of benzene rings is 2. The van der Waals surface area contributed by atoms with Crippen molar-refractivity contribution in [3.63, 3.8) is 0 Å². The zero-order valence-electron chi connectivity index (χ0n) is 20.4. The van der Waals surface area contributed by atoms with Crippen LogP contribution in [-0.2, 0) is 17.8 Å². The van der Waals surface area contributed by atoms with E-state index >= 15 is 0 Å². The Morgan fingerprint density at radius 3 is 2.41 bits per heavy atom. The Morgan fingerprint density at radius 1 is 0.971 bits per heavy atom. The quantitative estimate of drug-likeness (QED) is 0.491. The molecule has 0 radical (unpaired) electrons. The number of carbonyl (C=O) groups excluding carboxylic acids is 1. The van der Waals surface area contributed by atoms with E-state index in [9.17, 15) is 4.79 Å². The Balaban J connectivity index is 1.11. The number of hydrogen-bond acceptors (Lipinski definition) is 5. The summed E-state index contributed by atoms with van der Waals surface area (Å²) in [6.07, 6.45) is 2.03. The number of amides is 1. The molecule has 0 bridgehead atoms. The van der Waals surface area contributed by atoms with Crippen molar-refractivity contribution in [3.05, 3.63) is 77.2 Å². The number of oxazole rings is 1. The molecule has 1 aliphatic rings. The summed E-state index contributed by atoms with van der Waals surface area (Å²) in [6, 6.07) is 18.8. The van der Waals surface area contributed by atoms with E-state index in [4.69, 9.17) is 4.42 Å². The fourth-order valence-electron chi connectivity index (χ4n) is 4.35. The summed E-state index contributed by atoms with van der Waals surface area (Å²) < 4.78 is 5.85. The molecule has 1 fully saturated rings. The summed E-state index contributed by atoms with van der Waals surface area (Å²) in [7, 11) is 0. The fraction of sp³-hybridized carbons (Fsp3) is 0.429. The summed E-state index contributed by atoms with van der Waals surface area (Å²) in [4.78, 5) is 21.9. The SMILES string of the molecule is Cc1ccc(-c2nc(CCCC(=O)NCCN3CCN(Cc4ccccc4)CC3)c(C)o2)cc1. The van der Waals surface area contributed by atoms with Crippen LogP contribution in [0.5, 0.6) is 0 Å². The third kappa shape index (κ3) is 7.02. The van der Waals surface area contributed by atoms with Gasteiger partial charge in [0.1, 0.15) is 5.76 Å². The van der Waals surface area contributed by atoms with E-state index in [2.05, 4.69) is 69.5 Å². The molecule has 0 aliphatic carbocycles. The summed E-state index contributed by atoms with van der Waals surface area (Å²) in [5.41, 5.74) is 4.51. The molecule has 0 spiro atoms. The average Bonchev–Trinajstić information content (AvgIpc) is 3.21. The normalized spacial score (nSPS) is 14.9. The van der Waals surface area contributed by atoms with E-state index in [1.54, 1.807) is 0 Å². The summed E-state index contributed by atoms with van der Waals surface area (Å²) in [6.45, 7) is 10.9. The number of carbonyl (C=O) groups is 1. The van der Waals surface area contributed by atoms with Crippen LogP contribution < -0.4 is 5.32 Å². The lowest BCUT2D eigenvalue weighted by Gasteiger charge is -2.34. The minimum atomic E-state index is 0.114. The molecule has 34 heavy (non-hydrogen) atoms. The number of piperazine rings is 1. The van der Waals surface area contributed by atoms with Crippen molar-refractivity contribution in [2.45, 2.75) is 39.7 Å². The Morgan fingerprint density at radius 2 is 1.68 bits per heavy atom. The lowest BCUT2D eigenvalue weighted by Crippen LogP contribution is -2.48. The maximum atomic E-state index is 12.3. The van der Waals surface area contributed by atoms with Gasteiger partial charge in [0.15, 0.2) is 0 Å². The molecular formula is C28H36N4O2. The predicted octanol–water partition coefficient (Wildman–Crippen LogP) is 4.22. The Hall–Kier alpha value is -2.96. The Labute approximate surface area is 203 Å². The summed E-state index contributed by atoms with van der Waals surface area (Å²) >= 11 is 0. The van der Waals surface area contributed by atoms with Crippen molar-refractivity contribution in [1.82, 2.24) is 20.1 Å². The first-order valence-electron chi connectivity index (χ1n) is 12.4. The molecule has 1 aromatic heterocycles. The Kier molecular flexibility index (Phi) is 8.50. The molecule has 1 saturated heterocycles. The molecule has 6 heteroatoms. The van der Waals surface area contributed by atoms with E-state index < -0.39 is 0 Å². The van der Waals surface area contributed by atoms with Gasteiger partial charge in [0, 0.05) is 57.8 Å². The van der Waals surface area contributed by atoms with Gasteiger partial charge in [0.25, 0.3) is 0 Å². The van der Waals surface area contributed by atoms with Gasteiger partial charge in [-0.15, -0.1) is 0 Å². The van der Waals surface area contributed by atoms with Crippen LogP contribution in [0.1, 0.15) is 35.4 Å². The highest BCUT2D eigenvalue weighted by Crippen LogP contribution is 2.23. The molecule has 4 rings (SSSR count). The van der Waals surface area contributed by atoms with Crippen LogP contribution in [0.15, 0.2) is 59.0 Å². The molecule has 3 aromatic rings. The van der Waals surface area contributed by atoms with Gasteiger partial charge in [0.2, 0.25) is 11.8 Å².